The molecule has 0 radical (unpaired) electrons. The number of nitrogens with zero attached hydrogens (tertiary/aromatic N) is 4. The molecular formula is C31H37F3N6O5. The molecule has 0 bridgehead atoms. The van der Waals surface area contributed by atoms with Crippen molar-refractivity contribution in [3.8, 4) is 22.8 Å². The predicted octanol–water partition coefficient (Wildman–Crippen LogP) is 5.75. The van der Waals surface area contributed by atoms with Gasteiger partial charge in [-0.05, 0) is 63.4 Å². The summed E-state index contributed by atoms with van der Waals surface area (Å²) < 4.78 is 59.9. The molecule has 3 atom stereocenters. The van der Waals surface area contributed by atoms with Gasteiger partial charge >= 0.3 is 12.3 Å². The third-order valence-corrected chi connectivity index (χ3v) is 7.70. The molecule has 11 nitrogen and oxygen atoms in total. The number of amides is 2. The molecule has 242 valence electrons. The Bertz CT molecular complexity index is 1550. The lowest BCUT2D eigenvalue weighted by Gasteiger charge is -2.34. The lowest BCUT2D eigenvalue weighted by atomic mass is 9.96. The number of halogens is 3. The van der Waals surface area contributed by atoms with Gasteiger partial charge in [0.2, 0.25) is 0 Å². The number of anilines is 1. The van der Waals surface area contributed by atoms with E-state index < -0.39 is 35.9 Å². The fourth-order valence-corrected chi connectivity index (χ4v) is 5.56. The van der Waals surface area contributed by atoms with Crippen LogP contribution in [0.2, 0.25) is 0 Å². The van der Waals surface area contributed by atoms with Crippen LogP contribution in [-0.2, 0) is 4.74 Å². The van der Waals surface area contributed by atoms with Crippen LogP contribution in [0.4, 0.5) is 23.8 Å². The van der Waals surface area contributed by atoms with E-state index >= 15 is 0 Å². The standard InChI is InChI=1S/C31H37F3N6O5/c1-30(2,3)45-29(42)39-12-6-7-20(17-39)36-28(41)23-13-19(10-11-35-23)22-16-27-37-21(15-26(31(32,33)34)40(27)38-22)18-8-9-24(43-4)25(14-18)44-5/h8-11,13-14,16,20-21,26,37H,6-7,12,15,17H2,1-5H3,(H,36,41)/t20-,21-,26-/m0/s1. The number of piperidine rings is 1. The van der Waals surface area contributed by atoms with E-state index in [1.165, 1.54) is 32.5 Å². The highest BCUT2D eigenvalue weighted by molar-refractivity contribution is 5.93. The Hall–Kier alpha value is -4.49. The fourth-order valence-electron chi connectivity index (χ4n) is 5.56. The lowest BCUT2D eigenvalue weighted by Crippen LogP contribution is -2.50. The summed E-state index contributed by atoms with van der Waals surface area (Å²) in [6, 6.07) is 6.75. The van der Waals surface area contributed by atoms with E-state index in [0.717, 1.165) is 4.68 Å². The van der Waals surface area contributed by atoms with Crippen LogP contribution in [0.5, 0.6) is 11.5 Å². The zero-order valence-electron chi connectivity index (χ0n) is 25.8. The summed E-state index contributed by atoms with van der Waals surface area (Å²) in [5.41, 5.74) is 0.735. The number of fused-ring (bicyclic) bond motifs is 1. The zero-order chi connectivity index (χ0) is 32.5. The average molecular weight is 631 g/mol. The number of methoxy groups -OCH3 is 2. The molecule has 1 fully saturated rings. The number of carbonyl (C=O) groups is 2. The van der Waals surface area contributed by atoms with Crippen molar-refractivity contribution in [2.24, 2.45) is 0 Å². The van der Waals surface area contributed by atoms with E-state index in [9.17, 15) is 22.8 Å². The second-order valence-corrected chi connectivity index (χ2v) is 12.1. The smallest absolute Gasteiger partial charge is 0.410 e. The Morgan fingerprint density at radius 3 is 2.49 bits per heavy atom. The molecule has 2 aliphatic heterocycles. The van der Waals surface area contributed by atoms with Gasteiger partial charge in [-0.25, -0.2) is 9.48 Å². The molecule has 0 aliphatic carbocycles. The van der Waals surface area contributed by atoms with Crippen LogP contribution in [0.15, 0.2) is 42.6 Å². The van der Waals surface area contributed by atoms with E-state index in [2.05, 4.69) is 20.7 Å². The molecular weight excluding hydrogens is 593 g/mol. The SMILES string of the molecule is COc1ccc([C@@H]2C[C@@H](C(F)(F)F)n3nc(-c4ccnc(C(=O)N[C@H]5CCCN(C(=O)OC(C)(C)C)C5)c4)cc3N2)cc1OC. The normalized spacial score (nSPS) is 20.1. The maximum atomic E-state index is 14.3. The predicted molar refractivity (Wildman–Crippen MR) is 159 cm³/mol. The number of hydrogen-bond acceptors (Lipinski definition) is 8. The molecule has 0 saturated carbocycles. The number of alkyl halides is 3. The Morgan fingerprint density at radius 2 is 1.80 bits per heavy atom. The van der Waals surface area contributed by atoms with Crippen molar-refractivity contribution in [2.75, 3.05) is 32.6 Å². The van der Waals surface area contributed by atoms with Crippen molar-refractivity contribution in [2.45, 2.75) is 69.9 Å². The Kier molecular flexibility index (Phi) is 8.86. The monoisotopic (exact) mass is 630 g/mol. The van der Waals surface area contributed by atoms with Crippen LogP contribution in [-0.4, -0.2) is 76.8 Å². The molecule has 1 aromatic carbocycles. The third-order valence-electron chi connectivity index (χ3n) is 7.70. The number of likely N-dealkylation sites (tertiary alicyclic amines) is 1. The second kappa shape index (κ2) is 12.5. The minimum absolute atomic E-state index is 0.0800. The highest BCUT2D eigenvalue weighted by Crippen LogP contribution is 2.45. The number of aromatic nitrogens is 3. The Balaban J connectivity index is 1.35. The molecule has 2 aromatic heterocycles. The largest absolute Gasteiger partial charge is 0.493 e. The number of nitrogens with one attached hydrogen (secondary N) is 2. The number of pyridine rings is 1. The summed E-state index contributed by atoms with van der Waals surface area (Å²) in [6.45, 7) is 6.19. The summed E-state index contributed by atoms with van der Waals surface area (Å²) in [6.07, 6.45) is -2.52. The minimum atomic E-state index is -4.56. The number of rotatable bonds is 6. The first kappa shape index (κ1) is 31.9. The number of hydrogen-bond donors (Lipinski definition) is 2. The van der Waals surface area contributed by atoms with Crippen LogP contribution >= 0.6 is 0 Å². The molecule has 2 N–H and O–H groups in total. The molecule has 45 heavy (non-hydrogen) atoms. The van der Waals surface area contributed by atoms with E-state index in [-0.39, 0.29) is 29.7 Å². The first-order valence-corrected chi connectivity index (χ1v) is 14.7. The van der Waals surface area contributed by atoms with Gasteiger partial charge < -0.3 is 29.7 Å². The molecule has 5 rings (SSSR count). The van der Waals surface area contributed by atoms with E-state index in [4.69, 9.17) is 14.2 Å². The number of carbonyl (C=O) groups excluding carboxylic acids is 2. The van der Waals surface area contributed by atoms with Crippen molar-refractivity contribution in [3.05, 3.63) is 53.9 Å². The summed E-state index contributed by atoms with van der Waals surface area (Å²) in [5.74, 6) is 0.605. The van der Waals surface area contributed by atoms with Crippen molar-refractivity contribution in [3.63, 3.8) is 0 Å². The average Bonchev–Trinajstić information content (AvgIpc) is 3.43. The van der Waals surface area contributed by atoms with Gasteiger partial charge in [-0.1, -0.05) is 6.07 Å². The first-order valence-electron chi connectivity index (χ1n) is 14.7. The molecule has 14 heteroatoms. The zero-order valence-corrected chi connectivity index (χ0v) is 25.8. The van der Waals surface area contributed by atoms with Gasteiger partial charge in [-0.2, -0.15) is 18.3 Å². The van der Waals surface area contributed by atoms with E-state index in [0.29, 0.717) is 48.6 Å². The number of benzene rings is 1. The van der Waals surface area contributed by atoms with Crippen LogP contribution in [0.3, 0.4) is 0 Å². The highest BCUT2D eigenvalue weighted by Gasteiger charge is 2.46. The van der Waals surface area contributed by atoms with Crippen molar-refractivity contribution in [1.29, 1.82) is 0 Å². The summed E-state index contributed by atoms with van der Waals surface area (Å²) in [7, 11) is 2.95. The van der Waals surface area contributed by atoms with Gasteiger partial charge in [-0.15, -0.1) is 0 Å². The second-order valence-electron chi connectivity index (χ2n) is 12.1. The molecule has 2 amide bonds. The molecule has 3 aromatic rings. The maximum Gasteiger partial charge on any atom is 0.410 e. The van der Waals surface area contributed by atoms with Gasteiger partial charge in [0.1, 0.15) is 17.1 Å². The third kappa shape index (κ3) is 7.26. The van der Waals surface area contributed by atoms with Gasteiger partial charge in [0.15, 0.2) is 17.5 Å². The van der Waals surface area contributed by atoms with Gasteiger partial charge in [0.05, 0.1) is 26.0 Å². The molecule has 1 saturated heterocycles. The lowest BCUT2D eigenvalue weighted by molar-refractivity contribution is -0.173. The van der Waals surface area contributed by atoms with Crippen LogP contribution in [0, 0.1) is 0 Å². The maximum absolute atomic E-state index is 14.3. The molecule has 4 heterocycles. The van der Waals surface area contributed by atoms with Crippen LogP contribution in [0.1, 0.15) is 68.2 Å². The fraction of sp³-hybridized carbons (Fsp3) is 0.484. The van der Waals surface area contributed by atoms with Crippen LogP contribution in [0.25, 0.3) is 11.3 Å². The van der Waals surface area contributed by atoms with Gasteiger partial charge in [0, 0.05) is 43.4 Å². The molecule has 0 spiro atoms. The minimum Gasteiger partial charge on any atom is -0.493 e. The van der Waals surface area contributed by atoms with E-state index in [1.54, 1.807) is 49.9 Å². The Labute approximate surface area is 259 Å². The van der Waals surface area contributed by atoms with Crippen molar-refractivity contribution in [1.82, 2.24) is 25.0 Å². The topological polar surface area (TPSA) is 120 Å². The van der Waals surface area contributed by atoms with Crippen LogP contribution < -0.4 is 20.1 Å². The Morgan fingerprint density at radius 1 is 1.04 bits per heavy atom. The number of ether oxygens (including phenoxy) is 3. The first-order chi connectivity index (χ1) is 21.3. The molecule has 2 aliphatic rings. The van der Waals surface area contributed by atoms with Crippen molar-refractivity contribution >= 4 is 17.8 Å². The van der Waals surface area contributed by atoms with E-state index in [1.807, 2.05) is 0 Å². The quantitative estimate of drug-likeness (QED) is 0.353. The summed E-state index contributed by atoms with van der Waals surface area (Å²) >= 11 is 0. The van der Waals surface area contributed by atoms with Gasteiger partial charge in [0.25, 0.3) is 5.91 Å². The van der Waals surface area contributed by atoms with Crippen molar-refractivity contribution < 1.29 is 37.0 Å². The summed E-state index contributed by atoms with van der Waals surface area (Å²) in [4.78, 5) is 31.4. The molecule has 0 unspecified atom stereocenters. The highest BCUT2D eigenvalue weighted by atomic mass is 19.4. The van der Waals surface area contributed by atoms with Gasteiger partial charge in [-0.3, -0.25) is 9.78 Å². The summed E-state index contributed by atoms with van der Waals surface area (Å²) in [5, 5.41) is 10.4.